The van der Waals surface area contributed by atoms with E-state index in [1.165, 1.54) is 4.90 Å². The van der Waals surface area contributed by atoms with E-state index in [0.717, 1.165) is 23.5 Å². The number of rotatable bonds is 9. The molecular weight excluding hydrogens is 442 g/mol. The molecule has 0 spiro atoms. The Morgan fingerprint density at radius 1 is 1.03 bits per heavy atom. The highest BCUT2D eigenvalue weighted by Crippen LogP contribution is 2.35. The highest BCUT2D eigenvalue weighted by atomic mass is 16.5. The highest BCUT2D eigenvalue weighted by molar-refractivity contribution is 6.12. The number of fused-ring (bicyclic) bond motifs is 1. The van der Waals surface area contributed by atoms with Crippen molar-refractivity contribution < 1.29 is 19.1 Å². The third-order valence-electron chi connectivity index (χ3n) is 5.75. The fourth-order valence-electron chi connectivity index (χ4n) is 3.91. The molecule has 4 rings (SSSR count). The largest absolute Gasteiger partial charge is 0.497 e. The van der Waals surface area contributed by atoms with Gasteiger partial charge in [0, 0.05) is 25.3 Å². The average molecular weight is 472 g/mol. The van der Waals surface area contributed by atoms with Gasteiger partial charge in [0.2, 0.25) is 5.91 Å². The molecule has 1 heterocycles. The number of ether oxygens (including phenoxy) is 2. The molecule has 1 aliphatic heterocycles. The van der Waals surface area contributed by atoms with Gasteiger partial charge < -0.3 is 19.7 Å². The van der Waals surface area contributed by atoms with Crippen LogP contribution in [0.25, 0.3) is 6.08 Å². The number of hydrogen-bond donors (Lipinski definition) is 1. The first kappa shape index (κ1) is 23.9. The molecule has 0 radical (unpaired) electrons. The number of nitrogens with zero attached hydrogens (tertiary/aromatic N) is 2. The third kappa shape index (κ3) is 5.81. The second-order valence-corrected chi connectivity index (χ2v) is 8.01. The Kier molecular flexibility index (Phi) is 7.67. The van der Waals surface area contributed by atoms with Crippen LogP contribution in [0.3, 0.4) is 0 Å². The van der Waals surface area contributed by atoms with E-state index in [1.54, 1.807) is 25.3 Å². The predicted octanol–water partition coefficient (Wildman–Crippen LogP) is 4.10. The van der Waals surface area contributed by atoms with Gasteiger partial charge in [0.15, 0.2) is 11.5 Å². The SMILES string of the molecule is CCN(CCNC(=O)CN1C(=O)C(=Cc2ccc(OC)cc2)Oc2ccccc21)c1ccccc1. The Labute approximate surface area is 205 Å². The molecule has 3 aromatic carbocycles. The number of benzene rings is 3. The molecule has 2 amide bonds. The van der Waals surface area contributed by atoms with Crippen LogP contribution in [-0.4, -0.2) is 45.1 Å². The van der Waals surface area contributed by atoms with Crippen molar-refractivity contribution in [2.24, 2.45) is 0 Å². The van der Waals surface area contributed by atoms with Crippen molar-refractivity contribution >= 4 is 29.3 Å². The fraction of sp³-hybridized carbons (Fsp3) is 0.214. The Balaban J connectivity index is 1.44. The molecule has 7 heteroatoms. The summed E-state index contributed by atoms with van der Waals surface area (Å²) in [6, 6.07) is 24.6. The van der Waals surface area contributed by atoms with Gasteiger partial charge in [-0.25, -0.2) is 0 Å². The van der Waals surface area contributed by atoms with E-state index in [4.69, 9.17) is 9.47 Å². The quantitative estimate of drug-likeness (QED) is 0.476. The van der Waals surface area contributed by atoms with Crippen LogP contribution in [0.15, 0.2) is 84.6 Å². The van der Waals surface area contributed by atoms with Crippen LogP contribution in [0.1, 0.15) is 12.5 Å². The molecule has 1 N–H and O–H groups in total. The zero-order valence-electron chi connectivity index (χ0n) is 19.9. The summed E-state index contributed by atoms with van der Waals surface area (Å²) in [6.45, 7) is 3.94. The Bertz CT molecular complexity index is 1190. The topological polar surface area (TPSA) is 71.1 Å². The van der Waals surface area contributed by atoms with Gasteiger partial charge in [-0.2, -0.15) is 0 Å². The van der Waals surface area contributed by atoms with Gasteiger partial charge in [0.1, 0.15) is 12.3 Å². The minimum absolute atomic E-state index is 0.101. The van der Waals surface area contributed by atoms with Gasteiger partial charge in [-0.1, -0.05) is 42.5 Å². The average Bonchev–Trinajstić information content (AvgIpc) is 2.90. The summed E-state index contributed by atoms with van der Waals surface area (Å²) in [6.07, 6.45) is 1.67. The normalized spacial score (nSPS) is 13.7. The van der Waals surface area contributed by atoms with Crippen LogP contribution in [0.2, 0.25) is 0 Å². The second kappa shape index (κ2) is 11.2. The lowest BCUT2D eigenvalue weighted by Gasteiger charge is -2.30. The lowest BCUT2D eigenvalue weighted by Crippen LogP contribution is -2.45. The maximum absolute atomic E-state index is 13.3. The number of hydrogen-bond acceptors (Lipinski definition) is 5. The Morgan fingerprint density at radius 3 is 2.46 bits per heavy atom. The first-order valence-corrected chi connectivity index (χ1v) is 11.6. The first-order valence-electron chi connectivity index (χ1n) is 11.6. The summed E-state index contributed by atoms with van der Waals surface area (Å²) in [4.78, 5) is 29.7. The Hall–Kier alpha value is -4.26. The number of para-hydroxylation sites is 3. The number of carbonyl (C=O) groups is 2. The van der Waals surface area contributed by atoms with E-state index in [0.29, 0.717) is 24.5 Å². The maximum Gasteiger partial charge on any atom is 0.294 e. The van der Waals surface area contributed by atoms with Crippen LogP contribution in [0, 0.1) is 0 Å². The molecule has 0 saturated carbocycles. The summed E-state index contributed by atoms with van der Waals surface area (Å²) >= 11 is 0. The maximum atomic E-state index is 13.3. The zero-order chi connectivity index (χ0) is 24.6. The van der Waals surface area contributed by atoms with Crippen molar-refractivity contribution in [3.8, 4) is 11.5 Å². The summed E-state index contributed by atoms with van der Waals surface area (Å²) in [5.41, 5.74) is 2.47. The van der Waals surface area contributed by atoms with E-state index in [-0.39, 0.29) is 24.1 Å². The van der Waals surface area contributed by atoms with E-state index in [1.807, 2.05) is 66.7 Å². The Morgan fingerprint density at radius 2 is 1.74 bits per heavy atom. The molecule has 7 nitrogen and oxygen atoms in total. The third-order valence-corrected chi connectivity index (χ3v) is 5.75. The van der Waals surface area contributed by atoms with Gasteiger partial charge >= 0.3 is 0 Å². The first-order chi connectivity index (χ1) is 17.1. The van der Waals surface area contributed by atoms with Crippen molar-refractivity contribution in [3.63, 3.8) is 0 Å². The van der Waals surface area contributed by atoms with Gasteiger partial charge in [-0.15, -0.1) is 0 Å². The van der Waals surface area contributed by atoms with Crippen LogP contribution in [0.5, 0.6) is 11.5 Å². The van der Waals surface area contributed by atoms with Crippen molar-refractivity contribution in [1.29, 1.82) is 0 Å². The van der Waals surface area contributed by atoms with Crippen LogP contribution in [0.4, 0.5) is 11.4 Å². The molecule has 3 aromatic rings. The zero-order valence-corrected chi connectivity index (χ0v) is 19.9. The number of carbonyl (C=O) groups excluding carboxylic acids is 2. The molecule has 0 aromatic heterocycles. The summed E-state index contributed by atoms with van der Waals surface area (Å²) < 4.78 is 11.1. The molecule has 35 heavy (non-hydrogen) atoms. The molecule has 0 atom stereocenters. The minimum Gasteiger partial charge on any atom is -0.497 e. The number of nitrogens with one attached hydrogen (secondary N) is 1. The van der Waals surface area contributed by atoms with Crippen LogP contribution >= 0.6 is 0 Å². The number of methoxy groups -OCH3 is 1. The molecule has 0 aliphatic carbocycles. The number of likely N-dealkylation sites (N-methyl/N-ethyl adjacent to an activating group) is 1. The molecule has 0 unspecified atom stereocenters. The smallest absolute Gasteiger partial charge is 0.294 e. The minimum atomic E-state index is -0.367. The van der Waals surface area contributed by atoms with E-state index >= 15 is 0 Å². The molecule has 180 valence electrons. The van der Waals surface area contributed by atoms with Gasteiger partial charge in [-0.3, -0.25) is 14.5 Å². The van der Waals surface area contributed by atoms with Crippen LogP contribution in [-0.2, 0) is 9.59 Å². The fourth-order valence-corrected chi connectivity index (χ4v) is 3.91. The summed E-state index contributed by atoms with van der Waals surface area (Å²) in [7, 11) is 1.60. The predicted molar refractivity (Wildman–Crippen MR) is 138 cm³/mol. The van der Waals surface area contributed by atoms with E-state index in [2.05, 4.69) is 17.1 Å². The van der Waals surface area contributed by atoms with E-state index < -0.39 is 0 Å². The lowest BCUT2D eigenvalue weighted by molar-refractivity contribution is -0.123. The molecule has 1 aliphatic rings. The number of anilines is 2. The monoisotopic (exact) mass is 471 g/mol. The van der Waals surface area contributed by atoms with Gasteiger partial charge in [0.25, 0.3) is 5.91 Å². The number of amides is 2. The van der Waals surface area contributed by atoms with E-state index in [9.17, 15) is 9.59 Å². The molecular formula is C28H29N3O4. The molecule has 0 saturated heterocycles. The van der Waals surface area contributed by atoms with Gasteiger partial charge in [-0.05, 0) is 55.0 Å². The second-order valence-electron chi connectivity index (χ2n) is 8.01. The van der Waals surface area contributed by atoms with Crippen molar-refractivity contribution in [3.05, 3.63) is 90.2 Å². The summed E-state index contributed by atoms with van der Waals surface area (Å²) in [5, 5.41) is 2.94. The summed E-state index contributed by atoms with van der Waals surface area (Å²) in [5.74, 6) is 0.807. The lowest BCUT2D eigenvalue weighted by atomic mass is 10.1. The van der Waals surface area contributed by atoms with Crippen molar-refractivity contribution in [2.45, 2.75) is 6.92 Å². The van der Waals surface area contributed by atoms with Crippen molar-refractivity contribution in [2.75, 3.05) is 43.1 Å². The van der Waals surface area contributed by atoms with Gasteiger partial charge in [0.05, 0.1) is 12.8 Å². The molecule has 0 fully saturated rings. The standard InChI is InChI=1S/C28H29N3O4/c1-3-30(22-9-5-4-6-10-22)18-17-29-27(32)20-31-24-11-7-8-12-25(24)35-26(28(31)33)19-21-13-15-23(34-2)16-14-21/h4-16,19H,3,17-18,20H2,1-2H3,(H,29,32). The van der Waals surface area contributed by atoms with Crippen molar-refractivity contribution in [1.82, 2.24) is 5.32 Å². The van der Waals surface area contributed by atoms with Crippen LogP contribution < -0.4 is 24.6 Å². The highest BCUT2D eigenvalue weighted by Gasteiger charge is 2.31. The molecule has 0 bridgehead atoms.